The molecule has 1 aromatic carbocycles. The largest absolute Gasteiger partial charge is 0.385 e. The summed E-state index contributed by atoms with van der Waals surface area (Å²) in [5, 5.41) is 14.1. The predicted octanol–water partition coefficient (Wildman–Crippen LogP) is 3.67. The molecule has 4 nitrogen and oxygen atoms in total. The number of hydrogen-bond donors (Lipinski definition) is 1. The zero-order valence-corrected chi connectivity index (χ0v) is 10.6. The number of aryl methyl sites for hydroxylation is 1. The predicted molar refractivity (Wildman–Crippen MR) is 72.8 cm³/mol. The number of nitrogens with one attached hydrogen (secondary N) is 1. The number of rotatable bonds is 4. The van der Waals surface area contributed by atoms with Gasteiger partial charge in [-0.1, -0.05) is 18.2 Å². The minimum Gasteiger partial charge on any atom is -0.385 e. The van der Waals surface area contributed by atoms with Gasteiger partial charge in [-0.25, -0.2) is 0 Å². The van der Waals surface area contributed by atoms with Gasteiger partial charge in [-0.3, -0.25) is 10.1 Å². The van der Waals surface area contributed by atoms with Crippen LogP contribution >= 0.6 is 0 Å². The SMILES string of the molecule is Cc1ccc(NCC2CC=CCC2)cc1[N+](=O)[O-]. The molecule has 0 bridgehead atoms. The molecule has 1 unspecified atom stereocenters. The molecule has 96 valence electrons. The molecule has 0 radical (unpaired) electrons. The van der Waals surface area contributed by atoms with Crippen molar-refractivity contribution < 1.29 is 4.92 Å². The molecule has 0 heterocycles. The number of hydrogen-bond acceptors (Lipinski definition) is 3. The van der Waals surface area contributed by atoms with Crippen LogP contribution in [0.2, 0.25) is 0 Å². The van der Waals surface area contributed by atoms with E-state index in [9.17, 15) is 10.1 Å². The Morgan fingerprint density at radius 2 is 2.28 bits per heavy atom. The van der Waals surface area contributed by atoms with Crippen molar-refractivity contribution in [1.82, 2.24) is 0 Å². The van der Waals surface area contributed by atoms with Gasteiger partial charge in [0.25, 0.3) is 5.69 Å². The van der Waals surface area contributed by atoms with Gasteiger partial charge in [-0.15, -0.1) is 0 Å². The summed E-state index contributed by atoms with van der Waals surface area (Å²) >= 11 is 0. The Bertz CT molecular complexity index is 469. The fourth-order valence-corrected chi connectivity index (χ4v) is 2.22. The summed E-state index contributed by atoms with van der Waals surface area (Å²) in [6.07, 6.45) is 7.86. The van der Waals surface area contributed by atoms with Gasteiger partial charge in [0, 0.05) is 23.9 Å². The molecule has 1 aliphatic carbocycles. The first-order chi connectivity index (χ1) is 8.66. The van der Waals surface area contributed by atoms with Crippen LogP contribution in [-0.4, -0.2) is 11.5 Å². The third-order valence-electron chi connectivity index (χ3n) is 3.38. The van der Waals surface area contributed by atoms with Gasteiger partial charge in [0.1, 0.15) is 0 Å². The van der Waals surface area contributed by atoms with Crippen molar-refractivity contribution in [2.24, 2.45) is 5.92 Å². The normalized spacial score (nSPS) is 18.6. The summed E-state index contributed by atoms with van der Waals surface area (Å²) in [5.74, 6) is 0.635. The highest BCUT2D eigenvalue weighted by molar-refractivity contribution is 5.54. The molecule has 1 aromatic rings. The molecule has 0 saturated carbocycles. The third kappa shape index (κ3) is 3.09. The van der Waals surface area contributed by atoms with Crippen LogP contribution in [0.15, 0.2) is 30.4 Å². The second kappa shape index (κ2) is 5.67. The van der Waals surface area contributed by atoms with Gasteiger partial charge in [0.05, 0.1) is 4.92 Å². The number of nitrogens with zero attached hydrogens (tertiary/aromatic N) is 1. The van der Waals surface area contributed by atoms with Crippen LogP contribution in [0, 0.1) is 23.0 Å². The van der Waals surface area contributed by atoms with Crippen molar-refractivity contribution in [3.05, 3.63) is 46.0 Å². The first kappa shape index (κ1) is 12.6. The lowest BCUT2D eigenvalue weighted by molar-refractivity contribution is -0.385. The maximum Gasteiger partial charge on any atom is 0.274 e. The Morgan fingerprint density at radius 3 is 2.94 bits per heavy atom. The molecular formula is C14H18N2O2. The number of anilines is 1. The molecule has 0 aromatic heterocycles. The number of benzene rings is 1. The summed E-state index contributed by atoms with van der Waals surface area (Å²) in [6, 6.07) is 5.32. The quantitative estimate of drug-likeness (QED) is 0.501. The molecule has 1 aliphatic rings. The molecule has 1 N–H and O–H groups in total. The lowest BCUT2D eigenvalue weighted by atomic mass is 9.94. The van der Waals surface area contributed by atoms with Gasteiger partial charge >= 0.3 is 0 Å². The topological polar surface area (TPSA) is 55.2 Å². The lowest BCUT2D eigenvalue weighted by Crippen LogP contribution is -2.15. The number of nitro groups is 1. The van der Waals surface area contributed by atoms with Crippen molar-refractivity contribution in [2.75, 3.05) is 11.9 Å². The molecule has 4 heteroatoms. The Kier molecular flexibility index (Phi) is 3.97. The minimum atomic E-state index is -0.330. The average Bonchev–Trinajstić information content (AvgIpc) is 2.38. The maximum absolute atomic E-state index is 10.8. The summed E-state index contributed by atoms with van der Waals surface area (Å²) in [7, 11) is 0. The first-order valence-electron chi connectivity index (χ1n) is 6.30. The van der Waals surface area contributed by atoms with Gasteiger partial charge in [-0.05, 0) is 38.2 Å². The zero-order valence-electron chi connectivity index (χ0n) is 10.6. The van der Waals surface area contributed by atoms with Gasteiger partial charge in [-0.2, -0.15) is 0 Å². The summed E-state index contributed by atoms with van der Waals surface area (Å²) in [5.41, 5.74) is 1.72. The van der Waals surface area contributed by atoms with E-state index >= 15 is 0 Å². The zero-order chi connectivity index (χ0) is 13.0. The van der Waals surface area contributed by atoms with Gasteiger partial charge in [0.2, 0.25) is 0 Å². The van der Waals surface area contributed by atoms with E-state index in [0.29, 0.717) is 11.5 Å². The molecule has 2 rings (SSSR count). The molecule has 0 spiro atoms. The van der Waals surface area contributed by atoms with Gasteiger partial charge < -0.3 is 5.32 Å². The number of allylic oxidation sites excluding steroid dienone is 2. The maximum atomic E-state index is 10.8. The van der Waals surface area contributed by atoms with E-state index in [0.717, 1.165) is 25.1 Å². The van der Waals surface area contributed by atoms with E-state index in [4.69, 9.17) is 0 Å². The van der Waals surface area contributed by atoms with E-state index in [1.165, 1.54) is 6.42 Å². The number of nitro benzene ring substituents is 1. The lowest BCUT2D eigenvalue weighted by Gasteiger charge is -2.18. The Morgan fingerprint density at radius 1 is 1.44 bits per heavy atom. The molecule has 18 heavy (non-hydrogen) atoms. The molecular weight excluding hydrogens is 228 g/mol. The second-order valence-electron chi connectivity index (χ2n) is 4.79. The standard InChI is InChI=1S/C14H18N2O2/c1-11-7-8-13(9-14(11)16(17)18)15-10-12-5-3-2-4-6-12/h2-3,7-9,12,15H,4-6,10H2,1H3. The first-order valence-corrected chi connectivity index (χ1v) is 6.30. The Labute approximate surface area is 107 Å². The summed E-state index contributed by atoms with van der Waals surface area (Å²) in [4.78, 5) is 10.5. The Hall–Kier alpha value is -1.84. The molecule has 0 aliphatic heterocycles. The van der Waals surface area contributed by atoms with Crippen molar-refractivity contribution in [3.8, 4) is 0 Å². The van der Waals surface area contributed by atoms with Crippen molar-refractivity contribution >= 4 is 11.4 Å². The van der Waals surface area contributed by atoms with Crippen LogP contribution in [0.25, 0.3) is 0 Å². The monoisotopic (exact) mass is 246 g/mol. The molecule has 1 atom stereocenters. The smallest absolute Gasteiger partial charge is 0.274 e. The second-order valence-corrected chi connectivity index (χ2v) is 4.79. The highest BCUT2D eigenvalue weighted by Crippen LogP contribution is 2.24. The highest BCUT2D eigenvalue weighted by Gasteiger charge is 2.13. The van der Waals surface area contributed by atoms with E-state index in [1.807, 2.05) is 6.07 Å². The summed E-state index contributed by atoms with van der Waals surface area (Å²) in [6.45, 7) is 2.64. The minimum absolute atomic E-state index is 0.184. The Balaban J connectivity index is 1.99. The van der Waals surface area contributed by atoms with Crippen LogP contribution < -0.4 is 5.32 Å². The average molecular weight is 246 g/mol. The fraction of sp³-hybridized carbons (Fsp3) is 0.429. The van der Waals surface area contributed by atoms with Gasteiger partial charge in [0.15, 0.2) is 0 Å². The van der Waals surface area contributed by atoms with Crippen molar-refractivity contribution in [2.45, 2.75) is 26.2 Å². The fourth-order valence-electron chi connectivity index (χ4n) is 2.22. The van der Waals surface area contributed by atoms with Crippen LogP contribution in [0.3, 0.4) is 0 Å². The van der Waals surface area contributed by atoms with Crippen molar-refractivity contribution in [3.63, 3.8) is 0 Å². The van der Waals surface area contributed by atoms with E-state index in [-0.39, 0.29) is 10.6 Å². The highest BCUT2D eigenvalue weighted by atomic mass is 16.6. The van der Waals surface area contributed by atoms with Crippen LogP contribution in [0.5, 0.6) is 0 Å². The van der Waals surface area contributed by atoms with Crippen LogP contribution in [-0.2, 0) is 0 Å². The molecule has 0 saturated heterocycles. The molecule has 0 amide bonds. The van der Waals surface area contributed by atoms with Crippen LogP contribution in [0.4, 0.5) is 11.4 Å². The molecule has 0 fully saturated rings. The van der Waals surface area contributed by atoms with E-state index in [1.54, 1.807) is 19.1 Å². The van der Waals surface area contributed by atoms with E-state index in [2.05, 4.69) is 17.5 Å². The van der Waals surface area contributed by atoms with Crippen molar-refractivity contribution in [1.29, 1.82) is 0 Å². The van der Waals surface area contributed by atoms with E-state index < -0.39 is 0 Å². The third-order valence-corrected chi connectivity index (χ3v) is 3.38. The van der Waals surface area contributed by atoms with Crippen LogP contribution in [0.1, 0.15) is 24.8 Å². The summed E-state index contributed by atoms with van der Waals surface area (Å²) < 4.78 is 0.